The smallest absolute Gasteiger partial charge is 0.355 e. The number of hydrogen-bond donors (Lipinski definition) is 1. The van der Waals surface area contributed by atoms with Gasteiger partial charge in [0.25, 0.3) is 0 Å². The maximum Gasteiger partial charge on any atom is 0.355 e. The Hall–Kier alpha value is -1.88. The Morgan fingerprint density at radius 2 is 2.12 bits per heavy atom. The van der Waals surface area contributed by atoms with E-state index in [1.54, 1.807) is 5.38 Å². The monoisotopic (exact) mass is 248 g/mol. The molecular formula is C12H12N2O2S. The molecule has 0 saturated carbocycles. The van der Waals surface area contributed by atoms with Crippen molar-refractivity contribution in [3.63, 3.8) is 0 Å². The van der Waals surface area contributed by atoms with Crippen LogP contribution in [0.1, 0.15) is 15.5 Å². The van der Waals surface area contributed by atoms with Crippen LogP contribution in [0.2, 0.25) is 0 Å². The highest BCUT2D eigenvalue weighted by Crippen LogP contribution is 2.17. The molecule has 0 aliphatic heterocycles. The first-order chi connectivity index (χ1) is 8.16. The highest BCUT2D eigenvalue weighted by Gasteiger charge is 2.10. The van der Waals surface area contributed by atoms with Crippen LogP contribution < -0.4 is 4.90 Å². The third-order valence-corrected chi connectivity index (χ3v) is 3.17. The molecule has 1 heterocycles. The third-order valence-electron chi connectivity index (χ3n) is 2.34. The Labute approximate surface area is 103 Å². The van der Waals surface area contributed by atoms with Crippen LogP contribution in [0.15, 0.2) is 35.7 Å². The Morgan fingerprint density at radius 3 is 2.71 bits per heavy atom. The van der Waals surface area contributed by atoms with Gasteiger partial charge in [0.15, 0.2) is 5.69 Å². The minimum atomic E-state index is -0.977. The van der Waals surface area contributed by atoms with Crippen LogP contribution in [0.4, 0.5) is 5.69 Å². The van der Waals surface area contributed by atoms with Gasteiger partial charge in [0, 0.05) is 18.1 Å². The van der Waals surface area contributed by atoms with Crippen molar-refractivity contribution in [1.29, 1.82) is 0 Å². The zero-order valence-corrected chi connectivity index (χ0v) is 10.1. The SMILES string of the molecule is CN(Cc1nc(C(=O)O)cs1)c1ccccc1. The van der Waals surface area contributed by atoms with Crippen molar-refractivity contribution in [3.05, 3.63) is 46.4 Å². The van der Waals surface area contributed by atoms with E-state index in [4.69, 9.17) is 5.11 Å². The normalized spacial score (nSPS) is 10.2. The molecule has 0 aliphatic carbocycles. The summed E-state index contributed by atoms with van der Waals surface area (Å²) < 4.78 is 0. The number of para-hydroxylation sites is 1. The lowest BCUT2D eigenvalue weighted by atomic mass is 10.3. The second-order valence-corrected chi connectivity index (χ2v) is 4.57. The number of anilines is 1. The van der Waals surface area contributed by atoms with Crippen LogP contribution in [0.25, 0.3) is 0 Å². The van der Waals surface area contributed by atoms with Crippen molar-refractivity contribution in [2.75, 3.05) is 11.9 Å². The number of thiazole rings is 1. The molecule has 0 atom stereocenters. The van der Waals surface area contributed by atoms with Gasteiger partial charge in [-0.25, -0.2) is 9.78 Å². The van der Waals surface area contributed by atoms with Crippen LogP contribution >= 0.6 is 11.3 Å². The van der Waals surface area contributed by atoms with Crippen LogP contribution in [0.5, 0.6) is 0 Å². The largest absolute Gasteiger partial charge is 0.476 e. The molecule has 0 amide bonds. The number of aromatic nitrogens is 1. The van der Waals surface area contributed by atoms with Crippen molar-refractivity contribution in [1.82, 2.24) is 4.98 Å². The number of nitrogens with zero attached hydrogens (tertiary/aromatic N) is 2. The molecule has 2 aromatic rings. The highest BCUT2D eigenvalue weighted by atomic mass is 32.1. The number of hydrogen-bond acceptors (Lipinski definition) is 4. The molecule has 0 radical (unpaired) electrons. The van der Waals surface area contributed by atoms with Gasteiger partial charge in [-0.2, -0.15) is 0 Å². The lowest BCUT2D eigenvalue weighted by Crippen LogP contribution is -2.16. The van der Waals surface area contributed by atoms with E-state index < -0.39 is 5.97 Å². The molecule has 0 bridgehead atoms. The fraction of sp³-hybridized carbons (Fsp3) is 0.167. The maximum absolute atomic E-state index is 10.7. The van der Waals surface area contributed by atoms with Gasteiger partial charge in [-0.3, -0.25) is 0 Å². The number of carboxylic acid groups (broad SMARTS) is 1. The molecule has 0 spiro atoms. The van der Waals surface area contributed by atoms with Gasteiger partial charge in [0.2, 0.25) is 0 Å². The lowest BCUT2D eigenvalue weighted by Gasteiger charge is -2.17. The van der Waals surface area contributed by atoms with Gasteiger partial charge in [-0.15, -0.1) is 11.3 Å². The van der Waals surface area contributed by atoms with E-state index in [0.29, 0.717) is 6.54 Å². The van der Waals surface area contributed by atoms with Crippen LogP contribution in [-0.4, -0.2) is 23.1 Å². The van der Waals surface area contributed by atoms with Crippen LogP contribution in [0, 0.1) is 0 Å². The first kappa shape index (κ1) is 11.6. The summed E-state index contributed by atoms with van der Waals surface area (Å²) in [6, 6.07) is 9.91. The molecule has 0 aliphatic rings. The summed E-state index contributed by atoms with van der Waals surface area (Å²) in [6.07, 6.45) is 0. The molecule has 2 rings (SSSR count). The molecule has 0 saturated heterocycles. The molecule has 0 unspecified atom stereocenters. The fourth-order valence-electron chi connectivity index (χ4n) is 1.46. The second-order valence-electron chi connectivity index (χ2n) is 3.62. The Bertz CT molecular complexity index is 510. The van der Waals surface area contributed by atoms with Gasteiger partial charge in [0.05, 0.1) is 6.54 Å². The van der Waals surface area contributed by atoms with E-state index in [0.717, 1.165) is 10.7 Å². The fourth-order valence-corrected chi connectivity index (χ4v) is 2.28. The van der Waals surface area contributed by atoms with Gasteiger partial charge in [-0.1, -0.05) is 18.2 Å². The summed E-state index contributed by atoms with van der Waals surface area (Å²) in [6.45, 7) is 0.613. The standard InChI is InChI=1S/C12H12N2O2S/c1-14(9-5-3-2-4-6-9)7-11-13-10(8-17-11)12(15)16/h2-6,8H,7H2,1H3,(H,15,16). The second kappa shape index (κ2) is 4.97. The van der Waals surface area contributed by atoms with Crippen molar-refractivity contribution in [3.8, 4) is 0 Å². The molecule has 1 aromatic heterocycles. The maximum atomic E-state index is 10.7. The van der Waals surface area contributed by atoms with E-state index in [1.165, 1.54) is 11.3 Å². The molecule has 1 N–H and O–H groups in total. The van der Waals surface area contributed by atoms with Crippen LogP contribution in [0.3, 0.4) is 0 Å². The molecule has 4 nitrogen and oxygen atoms in total. The molecule has 17 heavy (non-hydrogen) atoms. The quantitative estimate of drug-likeness (QED) is 0.903. The molecular weight excluding hydrogens is 236 g/mol. The zero-order chi connectivity index (χ0) is 12.3. The first-order valence-electron chi connectivity index (χ1n) is 5.10. The molecule has 1 aromatic carbocycles. The van der Waals surface area contributed by atoms with Gasteiger partial charge in [0.1, 0.15) is 5.01 Å². The summed E-state index contributed by atoms with van der Waals surface area (Å²) in [7, 11) is 1.96. The Morgan fingerprint density at radius 1 is 1.41 bits per heavy atom. The minimum absolute atomic E-state index is 0.117. The Kier molecular flexibility index (Phi) is 3.39. The number of rotatable bonds is 4. The minimum Gasteiger partial charge on any atom is -0.476 e. The van der Waals surface area contributed by atoms with E-state index in [9.17, 15) is 4.79 Å². The lowest BCUT2D eigenvalue weighted by molar-refractivity contribution is 0.0691. The average Bonchev–Trinajstić information content (AvgIpc) is 2.79. The number of carbonyl (C=O) groups is 1. The van der Waals surface area contributed by atoms with Gasteiger partial charge in [-0.05, 0) is 12.1 Å². The summed E-state index contributed by atoms with van der Waals surface area (Å²) in [5.41, 5.74) is 1.20. The van der Waals surface area contributed by atoms with E-state index >= 15 is 0 Å². The highest BCUT2D eigenvalue weighted by molar-refractivity contribution is 7.09. The van der Waals surface area contributed by atoms with Crippen LogP contribution in [-0.2, 0) is 6.54 Å². The number of benzene rings is 1. The van der Waals surface area contributed by atoms with Crippen molar-refractivity contribution in [2.24, 2.45) is 0 Å². The van der Waals surface area contributed by atoms with E-state index in [2.05, 4.69) is 4.98 Å². The topological polar surface area (TPSA) is 53.4 Å². The molecule has 0 fully saturated rings. The average molecular weight is 248 g/mol. The summed E-state index contributed by atoms with van der Waals surface area (Å²) in [4.78, 5) is 16.8. The van der Waals surface area contributed by atoms with E-state index in [1.807, 2.05) is 42.3 Å². The zero-order valence-electron chi connectivity index (χ0n) is 9.33. The first-order valence-corrected chi connectivity index (χ1v) is 5.98. The van der Waals surface area contributed by atoms with Gasteiger partial charge < -0.3 is 10.0 Å². The predicted octanol–water partition coefficient (Wildman–Crippen LogP) is 2.48. The Balaban J connectivity index is 2.08. The van der Waals surface area contributed by atoms with Crippen molar-refractivity contribution >= 4 is 23.0 Å². The molecule has 88 valence electrons. The van der Waals surface area contributed by atoms with Gasteiger partial charge >= 0.3 is 5.97 Å². The number of carboxylic acids is 1. The number of aromatic carboxylic acids is 1. The predicted molar refractivity (Wildman–Crippen MR) is 67.6 cm³/mol. The summed E-state index contributed by atoms with van der Waals surface area (Å²) in [5.74, 6) is -0.977. The summed E-state index contributed by atoms with van der Waals surface area (Å²) in [5, 5.41) is 11.1. The summed E-state index contributed by atoms with van der Waals surface area (Å²) >= 11 is 1.37. The molecule has 5 heteroatoms. The third kappa shape index (κ3) is 2.82. The van der Waals surface area contributed by atoms with Crippen molar-refractivity contribution in [2.45, 2.75) is 6.54 Å². The van der Waals surface area contributed by atoms with E-state index in [-0.39, 0.29) is 5.69 Å². The van der Waals surface area contributed by atoms with Crippen molar-refractivity contribution < 1.29 is 9.90 Å².